The van der Waals surface area contributed by atoms with Crippen molar-refractivity contribution < 1.29 is 9.59 Å². The molecule has 0 saturated carbocycles. The summed E-state index contributed by atoms with van der Waals surface area (Å²) in [5.74, 6) is -0.153. The Morgan fingerprint density at radius 3 is 3.00 bits per heavy atom. The highest BCUT2D eigenvalue weighted by molar-refractivity contribution is 7.10. The summed E-state index contributed by atoms with van der Waals surface area (Å²) in [5, 5.41) is 4.60. The van der Waals surface area contributed by atoms with Crippen molar-refractivity contribution in [3.63, 3.8) is 0 Å². The third-order valence-electron chi connectivity index (χ3n) is 3.27. The Balaban J connectivity index is 2.05. The number of rotatable bonds is 3. The Morgan fingerprint density at radius 2 is 2.32 bits per heavy atom. The highest BCUT2D eigenvalue weighted by atomic mass is 32.1. The Kier molecular flexibility index (Phi) is 4.74. The number of likely N-dealkylation sites (N-methyl/N-ethyl adjacent to an activating group) is 1. The summed E-state index contributed by atoms with van der Waals surface area (Å²) in [6.45, 7) is 0.658. The van der Waals surface area contributed by atoms with Gasteiger partial charge in [-0.2, -0.15) is 0 Å². The zero-order valence-electron chi connectivity index (χ0n) is 11.0. The van der Waals surface area contributed by atoms with Gasteiger partial charge in [-0.05, 0) is 36.8 Å². The topological polar surface area (TPSA) is 49.4 Å². The third-order valence-corrected chi connectivity index (χ3v) is 4.11. The summed E-state index contributed by atoms with van der Waals surface area (Å²) in [6.07, 6.45) is 6.08. The Hall–Kier alpha value is -1.62. The van der Waals surface area contributed by atoms with E-state index in [2.05, 4.69) is 5.32 Å². The zero-order chi connectivity index (χ0) is 13.7. The molecule has 2 amide bonds. The molecule has 2 rings (SSSR count). The first kappa shape index (κ1) is 13.8. The van der Waals surface area contributed by atoms with Gasteiger partial charge in [-0.15, -0.1) is 11.3 Å². The fourth-order valence-corrected chi connectivity index (χ4v) is 2.89. The minimum Gasteiger partial charge on any atom is -0.357 e. The van der Waals surface area contributed by atoms with E-state index in [4.69, 9.17) is 0 Å². The standard InChI is InChI=1S/C14H18N2O2S/c1-15-14(18)12-6-2-3-9-16(12)13(17)8-7-11-5-4-10-19-11/h4-5,7-8,10,12H,2-3,6,9H2,1H3,(H,15,18). The van der Waals surface area contributed by atoms with E-state index in [0.717, 1.165) is 24.1 Å². The molecule has 0 radical (unpaired) electrons. The van der Waals surface area contributed by atoms with Gasteiger partial charge in [0.1, 0.15) is 6.04 Å². The van der Waals surface area contributed by atoms with E-state index < -0.39 is 0 Å². The molecule has 0 aliphatic carbocycles. The van der Waals surface area contributed by atoms with Crippen LogP contribution in [0.5, 0.6) is 0 Å². The van der Waals surface area contributed by atoms with Crippen LogP contribution in [0.4, 0.5) is 0 Å². The fourth-order valence-electron chi connectivity index (χ4n) is 2.27. The van der Waals surface area contributed by atoms with Crippen molar-refractivity contribution in [3.8, 4) is 0 Å². The lowest BCUT2D eigenvalue weighted by Gasteiger charge is -2.33. The Labute approximate surface area is 117 Å². The molecule has 1 unspecified atom stereocenters. The first-order valence-electron chi connectivity index (χ1n) is 6.46. The average Bonchev–Trinajstić information content (AvgIpc) is 2.97. The molecule has 1 aromatic heterocycles. The van der Waals surface area contributed by atoms with Crippen LogP contribution in [0.3, 0.4) is 0 Å². The zero-order valence-corrected chi connectivity index (χ0v) is 11.8. The summed E-state index contributed by atoms with van der Waals surface area (Å²) in [7, 11) is 1.61. The molecule has 1 aromatic rings. The van der Waals surface area contributed by atoms with Gasteiger partial charge in [0.05, 0.1) is 0 Å². The molecule has 5 heteroatoms. The maximum absolute atomic E-state index is 12.2. The Morgan fingerprint density at radius 1 is 1.47 bits per heavy atom. The third kappa shape index (κ3) is 3.44. The fraction of sp³-hybridized carbons (Fsp3) is 0.429. The second-order valence-electron chi connectivity index (χ2n) is 4.51. The summed E-state index contributed by atoms with van der Waals surface area (Å²) in [4.78, 5) is 26.7. The molecule has 0 spiro atoms. The number of thiophene rings is 1. The molecule has 1 aliphatic rings. The van der Waals surface area contributed by atoms with Crippen LogP contribution in [-0.2, 0) is 9.59 Å². The van der Waals surface area contributed by atoms with E-state index in [1.165, 1.54) is 0 Å². The van der Waals surface area contributed by atoms with Crippen molar-refractivity contribution >= 4 is 29.2 Å². The van der Waals surface area contributed by atoms with Crippen LogP contribution < -0.4 is 5.32 Å². The predicted molar refractivity (Wildman–Crippen MR) is 76.8 cm³/mol. The van der Waals surface area contributed by atoms with Crippen LogP contribution in [0.25, 0.3) is 6.08 Å². The number of hydrogen-bond donors (Lipinski definition) is 1. The van der Waals surface area contributed by atoms with Crippen LogP contribution in [0.1, 0.15) is 24.1 Å². The maximum atomic E-state index is 12.2. The molecule has 1 saturated heterocycles. The van der Waals surface area contributed by atoms with E-state index >= 15 is 0 Å². The van der Waals surface area contributed by atoms with Gasteiger partial charge in [0.2, 0.25) is 11.8 Å². The lowest BCUT2D eigenvalue weighted by Crippen LogP contribution is -2.50. The lowest BCUT2D eigenvalue weighted by molar-refractivity contribution is -0.138. The monoisotopic (exact) mass is 278 g/mol. The molecule has 1 atom stereocenters. The largest absolute Gasteiger partial charge is 0.357 e. The van der Waals surface area contributed by atoms with E-state index in [0.29, 0.717) is 6.54 Å². The molecule has 0 aromatic carbocycles. The molecule has 1 fully saturated rings. The highest BCUT2D eigenvalue weighted by Crippen LogP contribution is 2.18. The van der Waals surface area contributed by atoms with Crippen molar-refractivity contribution in [3.05, 3.63) is 28.5 Å². The number of nitrogens with one attached hydrogen (secondary N) is 1. The number of likely N-dealkylation sites (tertiary alicyclic amines) is 1. The molecular formula is C14H18N2O2S. The number of hydrogen-bond acceptors (Lipinski definition) is 3. The molecule has 19 heavy (non-hydrogen) atoms. The number of piperidine rings is 1. The molecule has 4 nitrogen and oxygen atoms in total. The summed E-state index contributed by atoms with van der Waals surface area (Å²) < 4.78 is 0. The SMILES string of the molecule is CNC(=O)C1CCCCN1C(=O)C=Cc1cccs1. The van der Waals surface area contributed by atoms with Crippen LogP contribution in [0, 0.1) is 0 Å². The van der Waals surface area contributed by atoms with E-state index in [-0.39, 0.29) is 17.9 Å². The van der Waals surface area contributed by atoms with Crippen molar-refractivity contribution in [2.45, 2.75) is 25.3 Å². The van der Waals surface area contributed by atoms with Crippen molar-refractivity contribution in [2.75, 3.05) is 13.6 Å². The van der Waals surface area contributed by atoms with Crippen LogP contribution in [0.2, 0.25) is 0 Å². The van der Waals surface area contributed by atoms with Crippen molar-refractivity contribution in [2.24, 2.45) is 0 Å². The van der Waals surface area contributed by atoms with Crippen molar-refractivity contribution in [1.82, 2.24) is 10.2 Å². The second kappa shape index (κ2) is 6.52. The van der Waals surface area contributed by atoms with Gasteiger partial charge in [-0.1, -0.05) is 6.07 Å². The maximum Gasteiger partial charge on any atom is 0.247 e. The molecule has 1 N–H and O–H groups in total. The minimum atomic E-state index is -0.320. The molecular weight excluding hydrogens is 260 g/mol. The quantitative estimate of drug-likeness (QED) is 0.858. The van der Waals surface area contributed by atoms with Gasteiger partial charge < -0.3 is 10.2 Å². The number of carbonyl (C=O) groups excluding carboxylic acids is 2. The van der Waals surface area contributed by atoms with Gasteiger partial charge >= 0.3 is 0 Å². The molecule has 1 aliphatic heterocycles. The smallest absolute Gasteiger partial charge is 0.247 e. The van der Waals surface area contributed by atoms with Gasteiger partial charge in [0.15, 0.2) is 0 Å². The first-order valence-corrected chi connectivity index (χ1v) is 7.34. The number of carbonyl (C=O) groups is 2. The van der Waals surface area contributed by atoms with E-state index in [1.807, 2.05) is 23.6 Å². The second-order valence-corrected chi connectivity index (χ2v) is 5.49. The first-order chi connectivity index (χ1) is 9.22. The lowest BCUT2D eigenvalue weighted by atomic mass is 10.0. The minimum absolute atomic E-state index is 0.0717. The molecule has 2 heterocycles. The van der Waals surface area contributed by atoms with Gasteiger partial charge in [-0.25, -0.2) is 0 Å². The summed E-state index contributed by atoms with van der Waals surface area (Å²) in [6, 6.07) is 3.59. The molecule has 102 valence electrons. The molecule has 0 bridgehead atoms. The average molecular weight is 278 g/mol. The van der Waals surface area contributed by atoms with Crippen molar-refractivity contribution in [1.29, 1.82) is 0 Å². The summed E-state index contributed by atoms with van der Waals surface area (Å²) in [5.41, 5.74) is 0. The van der Waals surface area contributed by atoms with Crippen LogP contribution in [0.15, 0.2) is 23.6 Å². The van der Waals surface area contributed by atoms with Gasteiger partial charge in [-0.3, -0.25) is 9.59 Å². The Bertz CT molecular complexity index is 468. The van der Waals surface area contributed by atoms with Gasteiger partial charge in [0, 0.05) is 24.5 Å². The predicted octanol–water partition coefficient (Wildman–Crippen LogP) is 1.89. The van der Waals surface area contributed by atoms with Crippen LogP contribution >= 0.6 is 11.3 Å². The van der Waals surface area contributed by atoms with E-state index in [1.54, 1.807) is 29.4 Å². The normalized spacial score (nSPS) is 19.6. The van der Waals surface area contributed by atoms with Crippen LogP contribution in [-0.4, -0.2) is 36.3 Å². The number of nitrogens with zero attached hydrogens (tertiary/aromatic N) is 1. The van der Waals surface area contributed by atoms with Gasteiger partial charge in [0.25, 0.3) is 0 Å². The number of amides is 2. The summed E-state index contributed by atoms with van der Waals surface area (Å²) >= 11 is 1.59. The van der Waals surface area contributed by atoms with E-state index in [9.17, 15) is 9.59 Å². The highest BCUT2D eigenvalue weighted by Gasteiger charge is 2.30.